The van der Waals surface area contributed by atoms with Crippen molar-refractivity contribution in [3.8, 4) is 0 Å². The summed E-state index contributed by atoms with van der Waals surface area (Å²) in [6, 6.07) is 5.45. The molecule has 2 aliphatic carbocycles. The molecule has 24 heavy (non-hydrogen) atoms. The second-order valence-electron chi connectivity index (χ2n) is 7.48. The van der Waals surface area contributed by atoms with Crippen LogP contribution in [-0.4, -0.2) is 11.2 Å². The van der Waals surface area contributed by atoms with Gasteiger partial charge in [0.25, 0.3) is 0 Å². The molecular formula is C21H32N2S. The fourth-order valence-electron chi connectivity index (χ4n) is 4.41. The van der Waals surface area contributed by atoms with E-state index in [9.17, 15) is 0 Å². The van der Waals surface area contributed by atoms with Gasteiger partial charge < -0.3 is 10.6 Å². The van der Waals surface area contributed by atoms with E-state index in [2.05, 4.69) is 36.6 Å². The Bertz CT molecular complexity index is 544. The first-order chi connectivity index (χ1) is 11.7. The van der Waals surface area contributed by atoms with Gasteiger partial charge in [-0.3, -0.25) is 0 Å². The Morgan fingerprint density at radius 2 is 1.50 bits per heavy atom. The Morgan fingerprint density at radius 3 is 2.04 bits per heavy atom. The summed E-state index contributed by atoms with van der Waals surface area (Å²) < 4.78 is 0. The Kier molecular flexibility index (Phi) is 6.15. The van der Waals surface area contributed by atoms with E-state index in [1.165, 1.54) is 68.2 Å². The lowest BCUT2D eigenvalue weighted by atomic mass is 9.91. The highest BCUT2D eigenvalue weighted by Crippen LogP contribution is 2.37. The van der Waals surface area contributed by atoms with Gasteiger partial charge in [0.05, 0.1) is 0 Å². The van der Waals surface area contributed by atoms with E-state index in [1.54, 1.807) is 5.56 Å². The molecule has 0 spiro atoms. The van der Waals surface area contributed by atoms with E-state index in [-0.39, 0.29) is 0 Å². The number of hydrogen-bond donors (Lipinski definition) is 2. The van der Waals surface area contributed by atoms with Crippen molar-refractivity contribution in [1.29, 1.82) is 0 Å². The third-order valence-corrected chi connectivity index (χ3v) is 6.06. The second kappa shape index (κ2) is 8.33. The van der Waals surface area contributed by atoms with Gasteiger partial charge in [-0.15, -0.1) is 0 Å². The number of aryl methyl sites for hydroxylation is 2. The summed E-state index contributed by atoms with van der Waals surface area (Å²) in [4.78, 5) is 0. The molecular weight excluding hydrogens is 312 g/mol. The van der Waals surface area contributed by atoms with E-state index in [4.69, 9.17) is 12.2 Å². The first kappa shape index (κ1) is 17.7. The van der Waals surface area contributed by atoms with Gasteiger partial charge in [-0.1, -0.05) is 51.7 Å². The number of anilines is 1. The van der Waals surface area contributed by atoms with Gasteiger partial charge in [-0.2, -0.15) is 0 Å². The van der Waals surface area contributed by atoms with Gasteiger partial charge in [0.2, 0.25) is 0 Å². The van der Waals surface area contributed by atoms with Crippen molar-refractivity contribution in [3.63, 3.8) is 0 Å². The van der Waals surface area contributed by atoms with Crippen LogP contribution in [0.25, 0.3) is 0 Å². The number of rotatable bonds is 5. The lowest BCUT2D eigenvalue weighted by Gasteiger charge is -2.22. The lowest BCUT2D eigenvalue weighted by Crippen LogP contribution is -2.36. The van der Waals surface area contributed by atoms with Crippen molar-refractivity contribution in [2.45, 2.75) is 90.0 Å². The molecule has 2 N–H and O–H groups in total. The van der Waals surface area contributed by atoms with Crippen LogP contribution in [0.15, 0.2) is 12.1 Å². The zero-order valence-electron chi connectivity index (χ0n) is 15.3. The van der Waals surface area contributed by atoms with Crippen molar-refractivity contribution >= 4 is 23.0 Å². The van der Waals surface area contributed by atoms with Crippen LogP contribution in [0.2, 0.25) is 0 Å². The highest BCUT2D eigenvalue weighted by molar-refractivity contribution is 7.80. The average Bonchev–Trinajstić information content (AvgIpc) is 3.28. The second-order valence-corrected chi connectivity index (χ2v) is 7.89. The normalized spacial score (nSPS) is 18.9. The number of benzene rings is 1. The summed E-state index contributed by atoms with van der Waals surface area (Å²) in [5, 5.41) is 7.87. The predicted octanol–water partition coefficient (Wildman–Crippen LogP) is 5.70. The molecule has 0 aliphatic heterocycles. The Hall–Kier alpha value is -1.09. The maximum Gasteiger partial charge on any atom is 0.171 e. The predicted molar refractivity (Wildman–Crippen MR) is 108 cm³/mol. The maximum absolute atomic E-state index is 5.61. The van der Waals surface area contributed by atoms with Gasteiger partial charge >= 0.3 is 0 Å². The SMILES string of the molecule is CCc1cc(C2CCCC2)cc(CC)c1NC(=S)NC1CCCC1. The standard InChI is InChI=1S/C21H32N2S/c1-3-15-13-18(17-9-5-6-10-17)14-16(4-2)20(15)23-21(24)22-19-11-7-8-12-19/h13-14,17,19H,3-12H2,1-2H3,(H2,22,23,24). The van der Waals surface area contributed by atoms with Crippen LogP contribution in [-0.2, 0) is 12.8 Å². The van der Waals surface area contributed by atoms with Crippen LogP contribution in [0.3, 0.4) is 0 Å². The minimum atomic E-state index is 0.568. The molecule has 0 heterocycles. The summed E-state index contributed by atoms with van der Waals surface area (Å²) in [6.07, 6.45) is 12.8. The number of hydrogen-bond acceptors (Lipinski definition) is 1. The Balaban J connectivity index is 1.78. The third kappa shape index (κ3) is 4.11. The zero-order chi connectivity index (χ0) is 16.9. The van der Waals surface area contributed by atoms with E-state index < -0.39 is 0 Å². The van der Waals surface area contributed by atoms with E-state index >= 15 is 0 Å². The molecule has 1 aromatic carbocycles. The topological polar surface area (TPSA) is 24.1 Å². The summed E-state index contributed by atoms with van der Waals surface area (Å²) in [5.41, 5.74) is 5.66. The zero-order valence-corrected chi connectivity index (χ0v) is 16.1. The van der Waals surface area contributed by atoms with Crippen LogP contribution < -0.4 is 10.6 Å². The number of nitrogens with one attached hydrogen (secondary N) is 2. The fraction of sp³-hybridized carbons (Fsp3) is 0.667. The van der Waals surface area contributed by atoms with E-state index in [0.29, 0.717) is 6.04 Å². The lowest BCUT2D eigenvalue weighted by molar-refractivity contribution is 0.634. The molecule has 2 nitrogen and oxygen atoms in total. The third-order valence-electron chi connectivity index (χ3n) is 5.84. The maximum atomic E-state index is 5.61. The van der Waals surface area contributed by atoms with Crippen LogP contribution in [0, 0.1) is 0 Å². The number of thiocarbonyl (C=S) groups is 1. The van der Waals surface area contributed by atoms with Crippen molar-refractivity contribution < 1.29 is 0 Å². The molecule has 0 unspecified atom stereocenters. The summed E-state index contributed by atoms with van der Waals surface area (Å²) >= 11 is 5.61. The largest absolute Gasteiger partial charge is 0.360 e. The van der Waals surface area contributed by atoms with E-state index in [0.717, 1.165) is 23.9 Å². The molecule has 0 atom stereocenters. The smallest absolute Gasteiger partial charge is 0.171 e. The highest BCUT2D eigenvalue weighted by atomic mass is 32.1. The van der Waals surface area contributed by atoms with Gasteiger partial charge in [0.1, 0.15) is 0 Å². The molecule has 3 heteroatoms. The van der Waals surface area contributed by atoms with Gasteiger partial charge in [-0.25, -0.2) is 0 Å². The molecule has 1 aromatic rings. The Morgan fingerprint density at radius 1 is 0.958 bits per heavy atom. The van der Waals surface area contributed by atoms with Gasteiger partial charge in [-0.05, 0) is 73.4 Å². The quantitative estimate of drug-likeness (QED) is 0.670. The molecule has 2 aliphatic rings. The van der Waals surface area contributed by atoms with Crippen LogP contribution >= 0.6 is 12.2 Å². The van der Waals surface area contributed by atoms with Crippen molar-refractivity contribution in [2.75, 3.05) is 5.32 Å². The monoisotopic (exact) mass is 344 g/mol. The molecule has 0 bridgehead atoms. The Labute approximate surface area is 152 Å². The van der Waals surface area contributed by atoms with Crippen LogP contribution in [0.4, 0.5) is 5.69 Å². The molecule has 0 saturated heterocycles. The van der Waals surface area contributed by atoms with Crippen molar-refractivity contribution in [2.24, 2.45) is 0 Å². The molecule has 0 amide bonds. The van der Waals surface area contributed by atoms with Crippen molar-refractivity contribution in [1.82, 2.24) is 5.32 Å². The minimum absolute atomic E-state index is 0.568. The van der Waals surface area contributed by atoms with Crippen molar-refractivity contribution in [3.05, 3.63) is 28.8 Å². The first-order valence-corrected chi connectivity index (χ1v) is 10.3. The molecule has 2 fully saturated rings. The molecule has 132 valence electrons. The summed E-state index contributed by atoms with van der Waals surface area (Å²) in [6.45, 7) is 4.51. The molecule has 0 aromatic heterocycles. The van der Waals surface area contributed by atoms with E-state index in [1.807, 2.05) is 0 Å². The first-order valence-electron chi connectivity index (χ1n) is 9.94. The summed E-state index contributed by atoms with van der Waals surface area (Å²) in [5.74, 6) is 0.776. The van der Waals surface area contributed by atoms with Crippen LogP contribution in [0.1, 0.15) is 87.8 Å². The molecule has 2 saturated carbocycles. The molecule has 0 radical (unpaired) electrons. The fourth-order valence-corrected chi connectivity index (χ4v) is 4.68. The summed E-state index contributed by atoms with van der Waals surface area (Å²) in [7, 11) is 0. The highest BCUT2D eigenvalue weighted by Gasteiger charge is 2.21. The minimum Gasteiger partial charge on any atom is -0.360 e. The van der Waals surface area contributed by atoms with Gasteiger partial charge in [0, 0.05) is 11.7 Å². The van der Waals surface area contributed by atoms with Crippen LogP contribution in [0.5, 0.6) is 0 Å². The molecule has 3 rings (SSSR count). The average molecular weight is 345 g/mol. The van der Waals surface area contributed by atoms with Gasteiger partial charge in [0.15, 0.2) is 5.11 Å².